The lowest BCUT2D eigenvalue weighted by Crippen LogP contribution is -2.14. The van der Waals surface area contributed by atoms with E-state index in [-0.39, 0.29) is 0 Å². The van der Waals surface area contributed by atoms with Crippen molar-refractivity contribution in [3.8, 4) is 0 Å². The van der Waals surface area contributed by atoms with Crippen LogP contribution in [0.4, 0.5) is 0 Å². The lowest BCUT2D eigenvalue weighted by molar-refractivity contribution is 0.414. The molecule has 0 heterocycles. The molecule has 0 spiro atoms. The number of hydrogen-bond acceptors (Lipinski definition) is 1. The first-order valence-electron chi connectivity index (χ1n) is 11.0. The minimum atomic E-state index is 0.800. The van der Waals surface area contributed by atoms with Gasteiger partial charge in [-0.25, -0.2) is 0 Å². The van der Waals surface area contributed by atoms with Crippen molar-refractivity contribution in [2.45, 2.75) is 129 Å². The highest BCUT2D eigenvalue weighted by molar-refractivity contribution is 4.61. The van der Waals surface area contributed by atoms with Crippen molar-refractivity contribution in [3.63, 3.8) is 0 Å². The second-order valence-corrected chi connectivity index (χ2v) is 7.63. The summed E-state index contributed by atoms with van der Waals surface area (Å²) in [6.45, 7) is 5.48. The summed E-state index contributed by atoms with van der Waals surface area (Å²) in [6, 6.07) is 0. The molecule has 0 saturated heterocycles. The summed E-state index contributed by atoms with van der Waals surface area (Å²) in [6.07, 6.45) is 25.7. The van der Waals surface area contributed by atoms with E-state index in [0.717, 1.165) is 12.5 Å². The first-order valence-corrected chi connectivity index (χ1v) is 11.0. The van der Waals surface area contributed by atoms with Gasteiger partial charge in [-0.15, -0.1) is 0 Å². The van der Waals surface area contributed by atoms with Crippen molar-refractivity contribution in [1.82, 2.24) is 0 Å². The standard InChI is InChI=1S/C22H47N/c1-3-5-7-8-9-10-11-12-13-14-15-16-18-20-22(21-23)19-17-6-4-2/h22H,3-21,23H2,1-2H3. The summed E-state index contributed by atoms with van der Waals surface area (Å²) in [5.74, 6) is 0.800. The highest BCUT2D eigenvalue weighted by Crippen LogP contribution is 2.18. The molecule has 2 N–H and O–H groups in total. The second-order valence-electron chi connectivity index (χ2n) is 7.63. The zero-order valence-corrected chi connectivity index (χ0v) is 16.6. The van der Waals surface area contributed by atoms with E-state index < -0.39 is 0 Å². The molecule has 23 heavy (non-hydrogen) atoms. The van der Waals surface area contributed by atoms with Crippen molar-refractivity contribution >= 4 is 0 Å². The molecule has 0 fully saturated rings. The molecule has 1 nitrogen and oxygen atoms in total. The highest BCUT2D eigenvalue weighted by atomic mass is 14.5. The van der Waals surface area contributed by atoms with E-state index in [1.807, 2.05) is 0 Å². The van der Waals surface area contributed by atoms with Crippen LogP contribution in [0.1, 0.15) is 129 Å². The summed E-state index contributed by atoms with van der Waals surface area (Å²) in [7, 11) is 0. The average molecular weight is 326 g/mol. The Bertz CT molecular complexity index is 202. The van der Waals surface area contributed by atoms with Gasteiger partial charge in [0.15, 0.2) is 0 Å². The second kappa shape index (κ2) is 20.0. The minimum absolute atomic E-state index is 0.800. The quantitative estimate of drug-likeness (QED) is 0.243. The Kier molecular flexibility index (Phi) is 20.0. The monoisotopic (exact) mass is 325 g/mol. The van der Waals surface area contributed by atoms with Crippen LogP contribution in [0.3, 0.4) is 0 Å². The predicted molar refractivity (Wildman–Crippen MR) is 107 cm³/mol. The molecule has 1 unspecified atom stereocenters. The lowest BCUT2D eigenvalue weighted by atomic mass is 9.94. The van der Waals surface area contributed by atoms with E-state index in [2.05, 4.69) is 13.8 Å². The van der Waals surface area contributed by atoms with Gasteiger partial charge >= 0.3 is 0 Å². The van der Waals surface area contributed by atoms with Gasteiger partial charge in [0, 0.05) is 0 Å². The summed E-state index contributed by atoms with van der Waals surface area (Å²) < 4.78 is 0. The molecule has 1 atom stereocenters. The maximum absolute atomic E-state index is 5.90. The third-order valence-electron chi connectivity index (χ3n) is 5.27. The van der Waals surface area contributed by atoms with E-state index in [0.29, 0.717) is 0 Å². The molecular formula is C22H47N. The fourth-order valence-corrected chi connectivity index (χ4v) is 3.51. The summed E-state index contributed by atoms with van der Waals surface area (Å²) in [4.78, 5) is 0. The molecule has 1 heteroatoms. The van der Waals surface area contributed by atoms with Crippen LogP contribution in [0.5, 0.6) is 0 Å². The molecule has 0 aliphatic carbocycles. The maximum atomic E-state index is 5.90. The fraction of sp³-hybridized carbons (Fsp3) is 1.00. The Morgan fingerprint density at radius 3 is 1.17 bits per heavy atom. The minimum Gasteiger partial charge on any atom is -0.330 e. The van der Waals surface area contributed by atoms with Gasteiger partial charge in [0.25, 0.3) is 0 Å². The fourth-order valence-electron chi connectivity index (χ4n) is 3.51. The maximum Gasteiger partial charge on any atom is -0.00489 e. The molecule has 140 valence electrons. The summed E-state index contributed by atoms with van der Waals surface area (Å²) in [5.41, 5.74) is 5.90. The Balaban J connectivity index is 3.17. The van der Waals surface area contributed by atoms with E-state index >= 15 is 0 Å². The number of hydrogen-bond donors (Lipinski definition) is 1. The molecular weight excluding hydrogens is 278 g/mol. The first-order chi connectivity index (χ1) is 11.3. The third-order valence-corrected chi connectivity index (χ3v) is 5.27. The lowest BCUT2D eigenvalue weighted by Gasteiger charge is -2.14. The topological polar surface area (TPSA) is 26.0 Å². The SMILES string of the molecule is CCCCCCCCCCCCCCCC(CN)CCCCC. The van der Waals surface area contributed by atoms with Gasteiger partial charge in [0.05, 0.1) is 0 Å². The van der Waals surface area contributed by atoms with Crippen LogP contribution in [0, 0.1) is 5.92 Å². The average Bonchev–Trinajstić information content (AvgIpc) is 2.57. The number of nitrogens with two attached hydrogens (primary N) is 1. The Morgan fingerprint density at radius 2 is 0.783 bits per heavy atom. The van der Waals surface area contributed by atoms with E-state index in [1.54, 1.807) is 0 Å². The van der Waals surface area contributed by atoms with Crippen molar-refractivity contribution in [1.29, 1.82) is 0 Å². The molecule has 0 aromatic heterocycles. The van der Waals surface area contributed by atoms with Gasteiger partial charge in [-0.2, -0.15) is 0 Å². The van der Waals surface area contributed by atoms with Crippen molar-refractivity contribution in [3.05, 3.63) is 0 Å². The van der Waals surface area contributed by atoms with Crippen LogP contribution < -0.4 is 5.73 Å². The van der Waals surface area contributed by atoms with Gasteiger partial charge in [-0.1, -0.05) is 117 Å². The van der Waals surface area contributed by atoms with Crippen LogP contribution in [0.15, 0.2) is 0 Å². The zero-order chi connectivity index (χ0) is 17.0. The molecule has 0 aromatic rings. The van der Waals surface area contributed by atoms with Crippen LogP contribution in [-0.2, 0) is 0 Å². The molecule has 0 aromatic carbocycles. The zero-order valence-electron chi connectivity index (χ0n) is 16.6. The molecule has 0 saturated carbocycles. The van der Waals surface area contributed by atoms with Crippen molar-refractivity contribution < 1.29 is 0 Å². The van der Waals surface area contributed by atoms with Gasteiger partial charge in [0.1, 0.15) is 0 Å². The van der Waals surface area contributed by atoms with Gasteiger partial charge in [-0.05, 0) is 25.3 Å². The van der Waals surface area contributed by atoms with E-state index in [4.69, 9.17) is 5.73 Å². The number of unbranched alkanes of at least 4 members (excludes halogenated alkanes) is 14. The molecule has 0 aliphatic heterocycles. The van der Waals surface area contributed by atoms with Crippen LogP contribution in [-0.4, -0.2) is 6.54 Å². The predicted octanol–water partition coefficient (Wildman–Crippen LogP) is 7.62. The first kappa shape index (κ1) is 23.0. The molecule has 0 aliphatic rings. The van der Waals surface area contributed by atoms with E-state index in [1.165, 1.54) is 116 Å². The normalized spacial score (nSPS) is 12.7. The van der Waals surface area contributed by atoms with Crippen LogP contribution >= 0.6 is 0 Å². The van der Waals surface area contributed by atoms with Gasteiger partial charge in [-0.3, -0.25) is 0 Å². The van der Waals surface area contributed by atoms with Crippen LogP contribution in [0.2, 0.25) is 0 Å². The summed E-state index contributed by atoms with van der Waals surface area (Å²) >= 11 is 0. The number of rotatable bonds is 19. The van der Waals surface area contributed by atoms with Gasteiger partial charge in [0.2, 0.25) is 0 Å². The van der Waals surface area contributed by atoms with Gasteiger partial charge < -0.3 is 5.73 Å². The molecule has 0 amide bonds. The Hall–Kier alpha value is -0.0400. The van der Waals surface area contributed by atoms with E-state index in [9.17, 15) is 0 Å². The molecule has 0 rings (SSSR count). The third kappa shape index (κ3) is 18.1. The largest absolute Gasteiger partial charge is 0.330 e. The molecule has 0 radical (unpaired) electrons. The molecule has 0 bridgehead atoms. The van der Waals surface area contributed by atoms with Crippen LogP contribution in [0.25, 0.3) is 0 Å². The van der Waals surface area contributed by atoms with Crippen molar-refractivity contribution in [2.75, 3.05) is 6.54 Å². The summed E-state index contributed by atoms with van der Waals surface area (Å²) in [5, 5.41) is 0. The Labute approximate surface area is 148 Å². The van der Waals surface area contributed by atoms with Crippen molar-refractivity contribution in [2.24, 2.45) is 11.7 Å². The highest BCUT2D eigenvalue weighted by Gasteiger charge is 2.05. The Morgan fingerprint density at radius 1 is 0.478 bits per heavy atom. The smallest absolute Gasteiger partial charge is 0.00489 e.